The minimum Gasteiger partial charge on any atom is -0.371 e. The van der Waals surface area contributed by atoms with Crippen LogP contribution in [-0.2, 0) is 16.6 Å². The molecule has 4 rings (SSSR count). The Bertz CT molecular complexity index is 1100. The molecule has 0 aromatic heterocycles. The minimum atomic E-state index is -3.64. The molecule has 0 bridgehead atoms. The van der Waals surface area contributed by atoms with Crippen LogP contribution < -0.4 is 10.2 Å². The third-order valence-electron chi connectivity index (χ3n) is 6.93. The molecule has 0 aliphatic carbocycles. The zero-order valence-corrected chi connectivity index (χ0v) is 21.3. The number of hydrogen-bond acceptors (Lipinski definition) is 5. The quantitative estimate of drug-likeness (QED) is 0.643. The number of nitrogens with zero attached hydrogens (tertiary/aromatic N) is 3. The third-order valence-corrected chi connectivity index (χ3v) is 8.74. The fourth-order valence-electron chi connectivity index (χ4n) is 4.67. The molecule has 0 saturated carbocycles. The van der Waals surface area contributed by atoms with E-state index in [1.807, 2.05) is 12.1 Å². The Balaban J connectivity index is 1.52. The average Bonchev–Trinajstić information content (AvgIpc) is 3.36. The zero-order chi connectivity index (χ0) is 24.3. The van der Waals surface area contributed by atoms with Gasteiger partial charge in [0.05, 0.1) is 10.5 Å². The van der Waals surface area contributed by atoms with E-state index in [0.29, 0.717) is 11.3 Å². The highest BCUT2D eigenvalue weighted by atomic mass is 32.2. The van der Waals surface area contributed by atoms with Crippen molar-refractivity contribution >= 4 is 27.3 Å². The van der Waals surface area contributed by atoms with Gasteiger partial charge in [-0.1, -0.05) is 19.1 Å². The summed E-state index contributed by atoms with van der Waals surface area (Å²) in [6.07, 6.45) is 4.62. The Morgan fingerprint density at radius 1 is 1.00 bits per heavy atom. The minimum absolute atomic E-state index is 0.122. The normalized spacial score (nSPS) is 17.9. The summed E-state index contributed by atoms with van der Waals surface area (Å²) in [4.78, 5) is 18.1. The Labute approximate surface area is 203 Å². The van der Waals surface area contributed by atoms with Crippen LogP contribution in [0, 0.1) is 5.92 Å². The Hall–Kier alpha value is -2.42. The molecular formula is C26H36N4O3S. The van der Waals surface area contributed by atoms with Gasteiger partial charge in [0.15, 0.2) is 0 Å². The van der Waals surface area contributed by atoms with E-state index in [-0.39, 0.29) is 10.8 Å². The maximum atomic E-state index is 13.3. The second kappa shape index (κ2) is 10.5. The SMILES string of the molecule is CC1CCN(Cc2ccc(NC(=O)c3cc(S(=O)(=O)N(C)C)ccc3N3CCCC3)cc2)CC1. The molecule has 0 radical (unpaired) electrons. The summed E-state index contributed by atoms with van der Waals surface area (Å²) in [5.74, 6) is 0.515. The van der Waals surface area contributed by atoms with Gasteiger partial charge in [-0.25, -0.2) is 12.7 Å². The summed E-state index contributed by atoms with van der Waals surface area (Å²) >= 11 is 0. The van der Waals surface area contributed by atoms with Crippen molar-refractivity contribution in [1.29, 1.82) is 0 Å². The van der Waals surface area contributed by atoms with Crippen LogP contribution in [0.5, 0.6) is 0 Å². The highest BCUT2D eigenvalue weighted by Crippen LogP contribution is 2.29. The van der Waals surface area contributed by atoms with Gasteiger partial charge in [0, 0.05) is 45.1 Å². The van der Waals surface area contributed by atoms with Crippen molar-refractivity contribution in [3.8, 4) is 0 Å². The molecule has 2 heterocycles. The lowest BCUT2D eigenvalue weighted by Gasteiger charge is -2.30. The highest BCUT2D eigenvalue weighted by Gasteiger charge is 2.25. The smallest absolute Gasteiger partial charge is 0.257 e. The lowest BCUT2D eigenvalue weighted by atomic mass is 9.99. The van der Waals surface area contributed by atoms with Crippen molar-refractivity contribution in [2.45, 2.75) is 44.0 Å². The summed E-state index contributed by atoms with van der Waals surface area (Å²) in [5.41, 5.74) is 3.10. The van der Waals surface area contributed by atoms with Crippen LogP contribution in [-0.4, -0.2) is 63.8 Å². The number of hydrogen-bond donors (Lipinski definition) is 1. The fraction of sp³-hybridized carbons (Fsp3) is 0.500. The van der Waals surface area contributed by atoms with Crippen molar-refractivity contribution < 1.29 is 13.2 Å². The molecule has 2 saturated heterocycles. The van der Waals surface area contributed by atoms with Gasteiger partial charge < -0.3 is 10.2 Å². The van der Waals surface area contributed by atoms with Gasteiger partial charge in [-0.3, -0.25) is 9.69 Å². The van der Waals surface area contributed by atoms with Crippen LogP contribution in [0.4, 0.5) is 11.4 Å². The maximum Gasteiger partial charge on any atom is 0.257 e. The molecule has 8 heteroatoms. The average molecular weight is 485 g/mol. The van der Waals surface area contributed by atoms with Crippen molar-refractivity contribution in [3.63, 3.8) is 0 Å². The number of sulfonamides is 1. The molecule has 0 spiro atoms. The number of likely N-dealkylation sites (tertiary alicyclic amines) is 1. The molecule has 0 atom stereocenters. The summed E-state index contributed by atoms with van der Waals surface area (Å²) in [6.45, 7) is 7.23. The highest BCUT2D eigenvalue weighted by molar-refractivity contribution is 7.89. The lowest BCUT2D eigenvalue weighted by Crippen LogP contribution is -2.32. The van der Waals surface area contributed by atoms with Crippen molar-refractivity contribution in [1.82, 2.24) is 9.21 Å². The first kappa shape index (κ1) is 24.7. The Morgan fingerprint density at radius 2 is 1.65 bits per heavy atom. The molecule has 2 aliphatic heterocycles. The summed E-state index contributed by atoms with van der Waals surface area (Å²) in [7, 11) is -0.648. The monoisotopic (exact) mass is 484 g/mol. The molecule has 2 aromatic carbocycles. The second-order valence-electron chi connectivity index (χ2n) is 9.77. The molecule has 34 heavy (non-hydrogen) atoms. The van der Waals surface area contributed by atoms with E-state index in [9.17, 15) is 13.2 Å². The topological polar surface area (TPSA) is 73.0 Å². The Kier molecular flexibility index (Phi) is 7.60. The first-order chi connectivity index (χ1) is 16.2. The predicted molar refractivity (Wildman–Crippen MR) is 137 cm³/mol. The van der Waals surface area contributed by atoms with Gasteiger partial charge in [-0.15, -0.1) is 0 Å². The van der Waals surface area contributed by atoms with Crippen molar-refractivity contribution in [2.24, 2.45) is 5.92 Å². The standard InChI is InChI=1S/C26H36N4O3S/c1-20-12-16-29(17-13-20)19-21-6-8-22(9-7-21)27-26(31)24-18-23(34(32,33)28(2)3)10-11-25(24)30-14-4-5-15-30/h6-11,18,20H,4-5,12-17,19H2,1-3H3,(H,27,31). The number of carbonyl (C=O) groups excluding carboxylic acids is 1. The molecular weight excluding hydrogens is 448 g/mol. The van der Waals surface area contributed by atoms with E-state index in [1.165, 1.54) is 42.9 Å². The number of rotatable bonds is 7. The molecule has 1 N–H and O–H groups in total. The van der Waals surface area contributed by atoms with E-state index in [4.69, 9.17) is 0 Å². The summed E-state index contributed by atoms with van der Waals surface area (Å²) in [5, 5.41) is 2.98. The second-order valence-corrected chi connectivity index (χ2v) is 11.9. The van der Waals surface area contributed by atoms with Gasteiger partial charge in [0.2, 0.25) is 10.0 Å². The fourth-order valence-corrected chi connectivity index (χ4v) is 5.60. The van der Waals surface area contributed by atoms with Crippen LogP contribution in [0.2, 0.25) is 0 Å². The number of anilines is 2. The van der Waals surface area contributed by atoms with Crippen LogP contribution in [0.1, 0.15) is 48.5 Å². The van der Waals surface area contributed by atoms with Gasteiger partial charge >= 0.3 is 0 Å². The van der Waals surface area contributed by atoms with Crippen molar-refractivity contribution in [3.05, 3.63) is 53.6 Å². The number of benzene rings is 2. The van der Waals surface area contributed by atoms with E-state index in [1.54, 1.807) is 12.1 Å². The number of piperidine rings is 1. The van der Waals surface area contributed by atoms with Crippen LogP contribution in [0.3, 0.4) is 0 Å². The van der Waals surface area contributed by atoms with E-state index >= 15 is 0 Å². The first-order valence-electron chi connectivity index (χ1n) is 12.2. The summed E-state index contributed by atoms with van der Waals surface area (Å²) in [6, 6.07) is 12.8. The molecule has 0 unspecified atom stereocenters. The number of carbonyl (C=O) groups is 1. The molecule has 1 amide bonds. The van der Waals surface area contributed by atoms with Gasteiger partial charge in [0.1, 0.15) is 0 Å². The van der Waals surface area contributed by atoms with Crippen LogP contribution in [0.25, 0.3) is 0 Å². The molecule has 2 aromatic rings. The first-order valence-corrected chi connectivity index (χ1v) is 13.6. The number of amides is 1. The zero-order valence-electron chi connectivity index (χ0n) is 20.5. The molecule has 7 nitrogen and oxygen atoms in total. The summed E-state index contributed by atoms with van der Waals surface area (Å²) < 4.78 is 26.6. The largest absolute Gasteiger partial charge is 0.371 e. The van der Waals surface area contributed by atoms with Crippen molar-refractivity contribution in [2.75, 3.05) is 50.5 Å². The maximum absolute atomic E-state index is 13.3. The van der Waals surface area contributed by atoms with E-state index in [2.05, 4.69) is 34.2 Å². The van der Waals surface area contributed by atoms with Crippen LogP contribution >= 0.6 is 0 Å². The molecule has 2 aliphatic rings. The van der Waals surface area contributed by atoms with Crippen LogP contribution in [0.15, 0.2) is 47.4 Å². The Morgan fingerprint density at radius 3 is 2.26 bits per heavy atom. The van der Waals surface area contributed by atoms with E-state index < -0.39 is 10.0 Å². The van der Waals surface area contributed by atoms with Gasteiger partial charge in [-0.05, 0) is 80.6 Å². The lowest BCUT2D eigenvalue weighted by molar-refractivity contribution is 0.102. The third kappa shape index (κ3) is 5.62. The predicted octanol–water partition coefficient (Wildman–Crippen LogP) is 4.02. The number of nitrogens with one attached hydrogen (secondary N) is 1. The molecule has 184 valence electrons. The van der Waals surface area contributed by atoms with Gasteiger partial charge in [0.25, 0.3) is 5.91 Å². The molecule has 2 fully saturated rings. The van der Waals surface area contributed by atoms with E-state index in [0.717, 1.165) is 57.2 Å². The van der Waals surface area contributed by atoms with Gasteiger partial charge in [-0.2, -0.15) is 0 Å².